The van der Waals surface area contributed by atoms with Crippen LogP contribution in [0.15, 0.2) is 200 Å². The van der Waals surface area contributed by atoms with Crippen LogP contribution >= 0.6 is 11.3 Å². The van der Waals surface area contributed by atoms with Crippen molar-refractivity contribution >= 4 is 31.5 Å². The molecule has 0 aliphatic carbocycles. The van der Waals surface area contributed by atoms with Crippen LogP contribution in [0.25, 0.3) is 98.8 Å². The third-order valence-corrected chi connectivity index (χ3v) is 11.3. The Bertz CT molecular complexity index is 2950. The maximum Gasteiger partial charge on any atom is 0.164 e. The van der Waals surface area contributed by atoms with Crippen molar-refractivity contribution in [3.05, 3.63) is 200 Å². The van der Waals surface area contributed by atoms with Crippen LogP contribution in [0.4, 0.5) is 0 Å². The van der Waals surface area contributed by atoms with Gasteiger partial charge in [-0.05, 0) is 74.8 Å². The van der Waals surface area contributed by atoms with Gasteiger partial charge in [0.05, 0.1) is 0 Å². The molecule has 55 heavy (non-hydrogen) atoms. The Morgan fingerprint density at radius 2 is 0.691 bits per heavy atom. The standard InChI is InChI=1S/C51H33N3S/c1-4-14-34(15-5-1)40-30-41(32-42(31-40)39-28-29-45-44-21-12-13-23-47(44)55-48(45)33-39)35-24-26-38(27-25-35)50-52-49(37-18-8-3-9-19-37)53-51(54-50)46-22-11-10-20-43(46)36-16-6-2-7-17-36/h1-33H. The molecule has 0 aliphatic heterocycles. The maximum absolute atomic E-state index is 5.11. The van der Waals surface area contributed by atoms with Crippen LogP contribution in [0.5, 0.6) is 0 Å². The molecule has 0 bridgehead atoms. The van der Waals surface area contributed by atoms with E-state index in [1.807, 2.05) is 53.8 Å². The minimum atomic E-state index is 0.633. The third kappa shape index (κ3) is 6.39. The molecule has 0 spiro atoms. The van der Waals surface area contributed by atoms with Crippen molar-refractivity contribution in [3.63, 3.8) is 0 Å². The summed E-state index contributed by atoms with van der Waals surface area (Å²) >= 11 is 1.85. The molecule has 0 atom stereocenters. The Morgan fingerprint density at radius 1 is 0.255 bits per heavy atom. The second kappa shape index (κ2) is 14.1. The molecule has 0 radical (unpaired) electrons. The summed E-state index contributed by atoms with van der Waals surface area (Å²) in [7, 11) is 0. The van der Waals surface area contributed by atoms with Crippen LogP contribution in [0.2, 0.25) is 0 Å². The lowest BCUT2D eigenvalue weighted by atomic mass is 9.93. The van der Waals surface area contributed by atoms with E-state index in [1.165, 1.54) is 42.4 Å². The number of hydrogen-bond donors (Lipinski definition) is 0. The molecule has 2 aromatic heterocycles. The molecule has 0 amide bonds. The van der Waals surface area contributed by atoms with E-state index in [0.717, 1.165) is 38.9 Å². The Balaban J connectivity index is 1.07. The van der Waals surface area contributed by atoms with Crippen LogP contribution in [-0.4, -0.2) is 15.0 Å². The number of benzene rings is 8. The third-order valence-electron chi connectivity index (χ3n) is 10.1. The highest BCUT2D eigenvalue weighted by atomic mass is 32.1. The van der Waals surface area contributed by atoms with E-state index in [1.54, 1.807) is 0 Å². The fourth-order valence-corrected chi connectivity index (χ4v) is 8.51. The molecule has 10 aromatic rings. The first kappa shape index (κ1) is 32.6. The summed E-state index contributed by atoms with van der Waals surface area (Å²) in [5, 5.41) is 2.62. The molecule has 3 nitrogen and oxygen atoms in total. The van der Waals surface area contributed by atoms with Gasteiger partial charge in [-0.15, -0.1) is 11.3 Å². The quantitative estimate of drug-likeness (QED) is 0.165. The van der Waals surface area contributed by atoms with E-state index >= 15 is 0 Å². The predicted molar refractivity (Wildman–Crippen MR) is 231 cm³/mol. The highest BCUT2D eigenvalue weighted by molar-refractivity contribution is 7.25. The van der Waals surface area contributed by atoms with Crippen LogP contribution in [0.3, 0.4) is 0 Å². The normalized spacial score (nSPS) is 11.3. The van der Waals surface area contributed by atoms with Gasteiger partial charge < -0.3 is 0 Å². The summed E-state index contributed by atoms with van der Waals surface area (Å²) < 4.78 is 2.61. The second-order valence-electron chi connectivity index (χ2n) is 13.6. The SMILES string of the molecule is c1ccc(-c2cc(-c3ccc(-c4nc(-c5ccccc5)nc(-c5ccccc5-c5ccccc5)n4)cc3)cc(-c3ccc4c(c3)sc3ccccc34)c2)cc1. The first-order chi connectivity index (χ1) is 27.2. The molecule has 0 saturated heterocycles. The smallest absolute Gasteiger partial charge is 0.164 e. The summed E-state index contributed by atoms with van der Waals surface area (Å²) in [6.45, 7) is 0. The largest absolute Gasteiger partial charge is 0.208 e. The molecule has 10 rings (SSSR count). The van der Waals surface area contributed by atoms with Crippen molar-refractivity contribution in [1.29, 1.82) is 0 Å². The molecule has 4 heteroatoms. The number of fused-ring (bicyclic) bond motifs is 3. The fraction of sp³-hybridized carbons (Fsp3) is 0. The minimum absolute atomic E-state index is 0.633. The molecule has 0 N–H and O–H groups in total. The topological polar surface area (TPSA) is 38.7 Å². The van der Waals surface area contributed by atoms with Gasteiger partial charge in [-0.25, -0.2) is 15.0 Å². The molecular weight excluding hydrogens is 687 g/mol. The van der Waals surface area contributed by atoms with E-state index < -0.39 is 0 Å². The van der Waals surface area contributed by atoms with Gasteiger partial charge in [-0.2, -0.15) is 0 Å². The van der Waals surface area contributed by atoms with Crippen molar-refractivity contribution < 1.29 is 0 Å². The zero-order chi connectivity index (χ0) is 36.6. The highest BCUT2D eigenvalue weighted by Gasteiger charge is 2.16. The second-order valence-corrected chi connectivity index (χ2v) is 14.7. The van der Waals surface area contributed by atoms with E-state index in [-0.39, 0.29) is 0 Å². The van der Waals surface area contributed by atoms with Gasteiger partial charge >= 0.3 is 0 Å². The molecular formula is C51H33N3S. The molecule has 2 heterocycles. The van der Waals surface area contributed by atoms with Gasteiger partial charge in [0.25, 0.3) is 0 Å². The van der Waals surface area contributed by atoms with Crippen molar-refractivity contribution in [2.75, 3.05) is 0 Å². The van der Waals surface area contributed by atoms with Crippen molar-refractivity contribution in [1.82, 2.24) is 15.0 Å². The van der Waals surface area contributed by atoms with Crippen LogP contribution < -0.4 is 0 Å². The predicted octanol–water partition coefficient (Wildman–Crippen LogP) is 13.9. The Morgan fingerprint density at radius 3 is 1.36 bits per heavy atom. The summed E-state index contributed by atoms with van der Waals surface area (Å²) in [6.07, 6.45) is 0. The molecule has 258 valence electrons. The number of hydrogen-bond acceptors (Lipinski definition) is 4. The Kier molecular flexibility index (Phi) is 8.36. The lowest BCUT2D eigenvalue weighted by Gasteiger charge is -2.13. The monoisotopic (exact) mass is 719 g/mol. The zero-order valence-electron chi connectivity index (χ0n) is 29.8. The van der Waals surface area contributed by atoms with Crippen molar-refractivity contribution in [2.24, 2.45) is 0 Å². The first-order valence-corrected chi connectivity index (χ1v) is 19.2. The fourth-order valence-electron chi connectivity index (χ4n) is 7.36. The van der Waals surface area contributed by atoms with Crippen LogP contribution in [0.1, 0.15) is 0 Å². The van der Waals surface area contributed by atoms with Gasteiger partial charge in [0.2, 0.25) is 0 Å². The molecule has 0 fully saturated rings. The van der Waals surface area contributed by atoms with Crippen LogP contribution in [-0.2, 0) is 0 Å². The maximum atomic E-state index is 5.11. The number of nitrogens with zero attached hydrogens (tertiary/aromatic N) is 3. The van der Waals surface area contributed by atoms with E-state index in [2.05, 4.69) is 158 Å². The number of thiophene rings is 1. The summed E-state index contributed by atoms with van der Waals surface area (Å²) in [4.78, 5) is 15.2. The summed E-state index contributed by atoms with van der Waals surface area (Å²) in [6, 6.07) is 70.6. The Hall–Kier alpha value is -7.01. The summed E-state index contributed by atoms with van der Waals surface area (Å²) in [5.41, 5.74) is 12.1. The van der Waals surface area contributed by atoms with Gasteiger partial charge in [0.1, 0.15) is 0 Å². The number of rotatable bonds is 7. The number of aromatic nitrogens is 3. The molecule has 0 unspecified atom stereocenters. The van der Waals surface area contributed by atoms with Crippen LogP contribution in [0, 0.1) is 0 Å². The molecule has 8 aromatic carbocycles. The Labute approximate surface area is 323 Å². The van der Waals surface area contributed by atoms with Gasteiger partial charge in [-0.1, -0.05) is 170 Å². The van der Waals surface area contributed by atoms with Gasteiger partial charge in [0.15, 0.2) is 17.5 Å². The molecule has 0 saturated carbocycles. The lowest BCUT2D eigenvalue weighted by Crippen LogP contribution is -2.01. The van der Waals surface area contributed by atoms with Crippen molar-refractivity contribution in [3.8, 4) is 78.7 Å². The van der Waals surface area contributed by atoms with E-state index in [4.69, 9.17) is 15.0 Å². The average molecular weight is 720 g/mol. The van der Waals surface area contributed by atoms with E-state index in [0.29, 0.717) is 17.5 Å². The van der Waals surface area contributed by atoms with E-state index in [9.17, 15) is 0 Å². The average Bonchev–Trinajstić information content (AvgIpc) is 3.65. The van der Waals surface area contributed by atoms with Gasteiger partial charge in [-0.3, -0.25) is 0 Å². The van der Waals surface area contributed by atoms with Gasteiger partial charge in [0, 0.05) is 36.9 Å². The highest BCUT2D eigenvalue weighted by Crippen LogP contribution is 2.39. The lowest BCUT2D eigenvalue weighted by molar-refractivity contribution is 1.07. The van der Waals surface area contributed by atoms with Crippen molar-refractivity contribution in [2.45, 2.75) is 0 Å². The summed E-state index contributed by atoms with van der Waals surface area (Å²) in [5.74, 6) is 1.92. The first-order valence-electron chi connectivity index (χ1n) is 18.4. The molecule has 0 aliphatic rings. The minimum Gasteiger partial charge on any atom is -0.208 e. The zero-order valence-corrected chi connectivity index (χ0v) is 30.6.